The molecule has 0 bridgehead atoms. The van der Waals surface area contributed by atoms with Crippen molar-refractivity contribution in [2.24, 2.45) is 16.5 Å². The number of urea groups is 1. The largest absolute Gasteiger partial charge is 0.368 e. The minimum atomic E-state index is -0.468. The molecule has 2 heterocycles. The summed E-state index contributed by atoms with van der Waals surface area (Å²) in [5.74, 6) is 0.655. The van der Waals surface area contributed by atoms with Crippen LogP contribution in [0.5, 0.6) is 0 Å². The lowest BCUT2D eigenvalue weighted by Gasteiger charge is -2.36. The zero-order chi connectivity index (χ0) is 21.3. The van der Waals surface area contributed by atoms with E-state index in [4.69, 9.17) is 11.5 Å². The van der Waals surface area contributed by atoms with Crippen molar-refractivity contribution < 1.29 is 9.59 Å². The Morgan fingerprint density at radius 2 is 1.90 bits per heavy atom. The Hall–Kier alpha value is -3.43. The molecule has 4 rings (SSSR count). The third-order valence-corrected chi connectivity index (χ3v) is 5.55. The number of amides is 3. The van der Waals surface area contributed by atoms with Gasteiger partial charge >= 0.3 is 6.03 Å². The zero-order valence-electron chi connectivity index (χ0n) is 17.1. The van der Waals surface area contributed by atoms with E-state index in [9.17, 15) is 9.59 Å². The van der Waals surface area contributed by atoms with E-state index in [1.54, 1.807) is 4.90 Å². The predicted molar refractivity (Wildman–Crippen MR) is 116 cm³/mol. The number of anilines is 2. The van der Waals surface area contributed by atoms with Gasteiger partial charge in [-0.2, -0.15) is 4.99 Å². The molecular formula is C20H28N8O2. The van der Waals surface area contributed by atoms with Gasteiger partial charge in [0.25, 0.3) is 0 Å². The van der Waals surface area contributed by atoms with Crippen LogP contribution in [0.25, 0.3) is 0 Å². The quantitative estimate of drug-likeness (QED) is 0.462. The number of nitrogens with one attached hydrogen (secondary N) is 3. The highest BCUT2D eigenvalue weighted by Crippen LogP contribution is 2.26. The Balaban J connectivity index is 1.45. The number of carbonyl (C=O) groups excluding carboxylic acids is 2. The summed E-state index contributed by atoms with van der Waals surface area (Å²) in [6.45, 7) is 5.14. The maximum Gasteiger partial charge on any atom is 0.314 e. The number of nitrogens with two attached hydrogens (primary N) is 2. The van der Waals surface area contributed by atoms with Crippen molar-refractivity contribution in [2.75, 3.05) is 42.9 Å². The van der Waals surface area contributed by atoms with Crippen LogP contribution in [-0.4, -0.2) is 61.6 Å². The fourth-order valence-electron chi connectivity index (χ4n) is 3.68. The van der Waals surface area contributed by atoms with Crippen LogP contribution in [0.1, 0.15) is 18.4 Å². The maximum atomic E-state index is 11.7. The summed E-state index contributed by atoms with van der Waals surface area (Å²) >= 11 is 0. The first-order valence-electron chi connectivity index (χ1n) is 10.2. The number of hydrogen-bond donors (Lipinski definition) is 5. The summed E-state index contributed by atoms with van der Waals surface area (Å²) in [5.41, 5.74) is 14.5. The molecule has 1 aliphatic carbocycles. The first-order chi connectivity index (χ1) is 14.4. The van der Waals surface area contributed by atoms with Gasteiger partial charge in [0, 0.05) is 43.6 Å². The molecule has 0 spiro atoms. The van der Waals surface area contributed by atoms with E-state index in [1.165, 1.54) is 0 Å². The van der Waals surface area contributed by atoms with Crippen LogP contribution in [-0.2, 0) is 4.79 Å². The Kier molecular flexibility index (Phi) is 5.39. The number of primary amides is 2. The molecule has 160 valence electrons. The zero-order valence-corrected chi connectivity index (χ0v) is 17.1. The molecule has 10 heteroatoms. The van der Waals surface area contributed by atoms with Crippen LogP contribution in [0, 0.1) is 6.92 Å². The molecule has 7 N–H and O–H groups in total. The molecule has 0 aromatic heterocycles. The highest BCUT2D eigenvalue weighted by molar-refractivity contribution is 6.00. The van der Waals surface area contributed by atoms with Crippen LogP contribution in [0.15, 0.2) is 34.6 Å². The molecular weight excluding hydrogens is 384 g/mol. The third kappa shape index (κ3) is 4.42. The molecule has 0 radical (unpaired) electrons. The number of rotatable bonds is 5. The van der Waals surface area contributed by atoms with Gasteiger partial charge in [-0.3, -0.25) is 4.79 Å². The summed E-state index contributed by atoms with van der Waals surface area (Å²) in [5, 5.41) is 9.68. The van der Waals surface area contributed by atoms with Gasteiger partial charge < -0.3 is 37.2 Å². The van der Waals surface area contributed by atoms with Crippen molar-refractivity contribution in [3.8, 4) is 0 Å². The van der Waals surface area contributed by atoms with Crippen LogP contribution < -0.4 is 32.3 Å². The van der Waals surface area contributed by atoms with E-state index < -0.39 is 5.91 Å². The van der Waals surface area contributed by atoms with Crippen LogP contribution in [0.2, 0.25) is 0 Å². The second kappa shape index (κ2) is 8.13. The Labute approximate surface area is 175 Å². The van der Waals surface area contributed by atoms with E-state index in [0.29, 0.717) is 43.0 Å². The topological polar surface area (TPSA) is 141 Å². The minimum Gasteiger partial charge on any atom is -0.368 e. The SMILES string of the molecule is Cc1cc(NC2=NC(NC3CC3)=C(C(N)=O)CN2)ccc1N1CCN(C(N)=O)CC1. The smallest absolute Gasteiger partial charge is 0.314 e. The summed E-state index contributed by atoms with van der Waals surface area (Å²) in [6.07, 6.45) is 2.16. The number of benzene rings is 1. The molecule has 1 saturated carbocycles. The lowest BCUT2D eigenvalue weighted by molar-refractivity contribution is -0.114. The molecule has 2 aliphatic heterocycles. The summed E-state index contributed by atoms with van der Waals surface area (Å²) in [4.78, 5) is 31.4. The normalized spacial score (nSPS) is 19.2. The van der Waals surface area contributed by atoms with Crippen LogP contribution in [0.4, 0.5) is 16.2 Å². The van der Waals surface area contributed by atoms with E-state index in [2.05, 4.69) is 44.9 Å². The number of carbonyl (C=O) groups is 2. The lowest BCUT2D eigenvalue weighted by Crippen LogP contribution is -2.50. The molecule has 0 atom stereocenters. The minimum absolute atomic E-state index is 0.331. The number of piperazine rings is 1. The van der Waals surface area contributed by atoms with Gasteiger partial charge in [0.2, 0.25) is 11.9 Å². The fourth-order valence-corrected chi connectivity index (χ4v) is 3.68. The van der Waals surface area contributed by atoms with Gasteiger partial charge in [0.1, 0.15) is 5.82 Å². The monoisotopic (exact) mass is 412 g/mol. The number of guanidine groups is 1. The highest BCUT2D eigenvalue weighted by atomic mass is 16.2. The highest BCUT2D eigenvalue weighted by Gasteiger charge is 2.26. The molecule has 10 nitrogen and oxygen atoms in total. The van der Waals surface area contributed by atoms with Gasteiger partial charge in [-0.25, -0.2) is 4.79 Å². The van der Waals surface area contributed by atoms with Gasteiger partial charge in [0.15, 0.2) is 0 Å². The molecule has 30 heavy (non-hydrogen) atoms. The first-order valence-corrected chi connectivity index (χ1v) is 10.2. The summed E-state index contributed by atoms with van der Waals surface area (Å²) in [6, 6.07) is 6.12. The molecule has 1 aromatic rings. The standard InChI is InChI=1S/C20H28N8O2/c1-12-10-14(4-5-16(12)27-6-8-28(9-7-27)19(22)30)25-20-23-11-15(17(21)29)18(26-20)24-13-2-3-13/h4-5,10,13,24H,2-3,6-9,11H2,1H3,(H2,21,29)(H2,22,30)(H2,23,25,26). The van der Waals surface area contributed by atoms with E-state index in [-0.39, 0.29) is 6.03 Å². The molecule has 2 fully saturated rings. The van der Waals surface area contributed by atoms with Gasteiger partial charge in [0.05, 0.1) is 12.1 Å². The van der Waals surface area contributed by atoms with Gasteiger partial charge in [-0.15, -0.1) is 0 Å². The summed E-state index contributed by atoms with van der Waals surface area (Å²) < 4.78 is 0. The molecule has 1 aromatic carbocycles. The second-order valence-corrected chi connectivity index (χ2v) is 7.86. The number of nitrogens with zero attached hydrogens (tertiary/aromatic N) is 3. The van der Waals surface area contributed by atoms with Crippen molar-refractivity contribution in [3.05, 3.63) is 35.2 Å². The first kappa shape index (κ1) is 19.9. The van der Waals surface area contributed by atoms with Crippen molar-refractivity contribution in [2.45, 2.75) is 25.8 Å². The van der Waals surface area contributed by atoms with E-state index >= 15 is 0 Å². The molecule has 0 unspecified atom stereocenters. The van der Waals surface area contributed by atoms with Crippen molar-refractivity contribution in [1.82, 2.24) is 15.5 Å². The third-order valence-electron chi connectivity index (χ3n) is 5.55. The number of hydrogen-bond acceptors (Lipinski definition) is 7. The molecule has 3 aliphatic rings. The average Bonchev–Trinajstić information content (AvgIpc) is 3.52. The van der Waals surface area contributed by atoms with Gasteiger partial charge in [-0.05, 0) is 43.5 Å². The molecule has 3 amide bonds. The van der Waals surface area contributed by atoms with E-state index in [1.807, 2.05) is 6.07 Å². The molecule has 1 saturated heterocycles. The number of aliphatic imine (C=N–C) groups is 1. The average molecular weight is 412 g/mol. The van der Waals surface area contributed by atoms with Crippen LogP contribution >= 0.6 is 0 Å². The number of aryl methyl sites for hydroxylation is 1. The maximum absolute atomic E-state index is 11.7. The van der Waals surface area contributed by atoms with Crippen molar-refractivity contribution in [1.29, 1.82) is 0 Å². The lowest BCUT2D eigenvalue weighted by atomic mass is 10.1. The Morgan fingerprint density at radius 3 is 2.50 bits per heavy atom. The Bertz CT molecular complexity index is 913. The predicted octanol–water partition coefficient (Wildman–Crippen LogP) is 0.0157. The Morgan fingerprint density at radius 1 is 1.17 bits per heavy atom. The fraction of sp³-hybridized carbons (Fsp3) is 0.450. The van der Waals surface area contributed by atoms with Crippen LogP contribution in [0.3, 0.4) is 0 Å². The van der Waals surface area contributed by atoms with Crippen molar-refractivity contribution >= 4 is 29.3 Å². The van der Waals surface area contributed by atoms with E-state index in [0.717, 1.165) is 42.9 Å². The van der Waals surface area contributed by atoms with Gasteiger partial charge in [-0.1, -0.05) is 0 Å². The second-order valence-electron chi connectivity index (χ2n) is 7.86. The van der Waals surface area contributed by atoms with Crippen molar-refractivity contribution in [3.63, 3.8) is 0 Å². The summed E-state index contributed by atoms with van der Waals surface area (Å²) in [7, 11) is 0.